The SMILES string of the molecule is CCCNCC(C)S(=O)(=O)NC(C)(C)C. The van der Waals surface area contributed by atoms with Gasteiger partial charge in [-0.3, -0.25) is 0 Å². The van der Waals surface area contributed by atoms with Crippen molar-refractivity contribution in [1.29, 1.82) is 0 Å². The van der Waals surface area contributed by atoms with Crippen molar-refractivity contribution >= 4 is 10.0 Å². The molecule has 0 aliphatic heterocycles. The number of hydrogen-bond acceptors (Lipinski definition) is 3. The minimum atomic E-state index is -3.21. The quantitative estimate of drug-likeness (QED) is 0.679. The van der Waals surface area contributed by atoms with Crippen molar-refractivity contribution in [2.45, 2.75) is 51.8 Å². The molecule has 0 aliphatic carbocycles. The van der Waals surface area contributed by atoms with E-state index in [1.807, 2.05) is 20.8 Å². The zero-order valence-corrected chi connectivity index (χ0v) is 11.2. The van der Waals surface area contributed by atoms with Gasteiger partial charge >= 0.3 is 0 Å². The zero-order valence-electron chi connectivity index (χ0n) is 10.4. The molecule has 1 atom stereocenters. The van der Waals surface area contributed by atoms with Crippen LogP contribution < -0.4 is 10.0 Å². The number of hydrogen-bond donors (Lipinski definition) is 2. The third-order valence-corrected chi connectivity index (χ3v) is 3.96. The average molecular weight is 236 g/mol. The van der Waals surface area contributed by atoms with Gasteiger partial charge in [0.15, 0.2) is 0 Å². The number of rotatable bonds is 6. The Morgan fingerprint density at radius 2 is 1.80 bits per heavy atom. The molecule has 2 N–H and O–H groups in total. The van der Waals surface area contributed by atoms with E-state index in [-0.39, 0.29) is 0 Å². The van der Waals surface area contributed by atoms with Gasteiger partial charge in [-0.25, -0.2) is 13.1 Å². The molecular formula is C10H24N2O2S. The van der Waals surface area contributed by atoms with Gasteiger partial charge < -0.3 is 5.32 Å². The van der Waals surface area contributed by atoms with E-state index in [2.05, 4.69) is 17.0 Å². The fraction of sp³-hybridized carbons (Fsp3) is 1.00. The first-order valence-electron chi connectivity index (χ1n) is 5.42. The maximum absolute atomic E-state index is 11.8. The Morgan fingerprint density at radius 1 is 1.27 bits per heavy atom. The second-order valence-corrected chi connectivity index (χ2v) is 7.01. The lowest BCUT2D eigenvalue weighted by atomic mass is 10.1. The first-order chi connectivity index (χ1) is 6.69. The third-order valence-electron chi connectivity index (χ3n) is 1.84. The molecule has 0 bridgehead atoms. The number of nitrogens with one attached hydrogen (secondary N) is 2. The molecule has 5 heteroatoms. The van der Waals surface area contributed by atoms with E-state index in [4.69, 9.17) is 0 Å². The lowest BCUT2D eigenvalue weighted by molar-refractivity contribution is 0.482. The standard InChI is InChI=1S/C10H24N2O2S/c1-6-7-11-8-9(2)15(13,14)12-10(3,4)5/h9,11-12H,6-8H2,1-5H3. The molecule has 0 aliphatic rings. The molecule has 15 heavy (non-hydrogen) atoms. The van der Waals surface area contributed by atoms with Crippen LogP contribution in [0.2, 0.25) is 0 Å². The Bertz CT molecular complexity index is 268. The molecule has 0 saturated heterocycles. The molecule has 0 amide bonds. The molecule has 0 saturated carbocycles. The molecular weight excluding hydrogens is 212 g/mol. The molecule has 0 fully saturated rings. The Hall–Kier alpha value is -0.130. The first-order valence-corrected chi connectivity index (χ1v) is 6.97. The van der Waals surface area contributed by atoms with E-state index >= 15 is 0 Å². The van der Waals surface area contributed by atoms with Gasteiger partial charge in [-0.15, -0.1) is 0 Å². The fourth-order valence-electron chi connectivity index (χ4n) is 1.12. The second kappa shape index (κ2) is 5.82. The van der Waals surface area contributed by atoms with Crippen LogP contribution >= 0.6 is 0 Å². The van der Waals surface area contributed by atoms with Crippen molar-refractivity contribution in [2.24, 2.45) is 0 Å². The van der Waals surface area contributed by atoms with Crippen LogP contribution in [0, 0.1) is 0 Å². The van der Waals surface area contributed by atoms with Gasteiger partial charge in [0.25, 0.3) is 0 Å². The summed E-state index contributed by atoms with van der Waals surface area (Å²) < 4.78 is 26.2. The van der Waals surface area contributed by atoms with E-state index in [0.29, 0.717) is 6.54 Å². The summed E-state index contributed by atoms with van der Waals surface area (Å²) in [4.78, 5) is 0. The molecule has 0 aromatic heterocycles. The highest BCUT2D eigenvalue weighted by Gasteiger charge is 2.25. The highest BCUT2D eigenvalue weighted by Crippen LogP contribution is 2.06. The van der Waals surface area contributed by atoms with E-state index in [1.165, 1.54) is 0 Å². The summed E-state index contributed by atoms with van der Waals surface area (Å²) in [5, 5.41) is 2.71. The van der Waals surface area contributed by atoms with E-state index in [0.717, 1.165) is 13.0 Å². The first kappa shape index (κ1) is 14.9. The summed E-state index contributed by atoms with van der Waals surface area (Å²) in [6.07, 6.45) is 1.01. The molecule has 1 unspecified atom stereocenters. The monoisotopic (exact) mass is 236 g/mol. The van der Waals surface area contributed by atoms with Crippen LogP contribution in [0.25, 0.3) is 0 Å². The van der Waals surface area contributed by atoms with Crippen LogP contribution in [0.1, 0.15) is 41.0 Å². The van der Waals surface area contributed by atoms with Crippen LogP contribution in [-0.2, 0) is 10.0 Å². The van der Waals surface area contributed by atoms with Gasteiger partial charge in [0.05, 0.1) is 5.25 Å². The molecule has 0 heterocycles. The Labute approximate surface area is 93.9 Å². The summed E-state index contributed by atoms with van der Waals surface area (Å²) in [6.45, 7) is 10.7. The molecule has 92 valence electrons. The van der Waals surface area contributed by atoms with Crippen molar-refractivity contribution in [3.8, 4) is 0 Å². The lowest BCUT2D eigenvalue weighted by Crippen LogP contribution is -2.47. The summed E-state index contributed by atoms with van der Waals surface area (Å²) in [5.41, 5.74) is -0.405. The third kappa shape index (κ3) is 6.87. The largest absolute Gasteiger partial charge is 0.315 e. The molecule has 0 rings (SSSR count). The van der Waals surface area contributed by atoms with Crippen molar-refractivity contribution in [2.75, 3.05) is 13.1 Å². The van der Waals surface area contributed by atoms with Crippen molar-refractivity contribution in [3.05, 3.63) is 0 Å². The predicted octanol–water partition coefficient (Wildman–Crippen LogP) is 1.09. The smallest absolute Gasteiger partial charge is 0.215 e. The van der Waals surface area contributed by atoms with E-state index in [1.54, 1.807) is 6.92 Å². The zero-order chi connectivity index (χ0) is 12.1. The van der Waals surface area contributed by atoms with Crippen molar-refractivity contribution in [1.82, 2.24) is 10.0 Å². The molecule has 0 aromatic rings. The highest BCUT2D eigenvalue weighted by molar-refractivity contribution is 7.90. The normalized spacial score (nSPS) is 15.3. The summed E-state index contributed by atoms with van der Waals surface area (Å²) in [7, 11) is -3.21. The van der Waals surface area contributed by atoms with E-state index < -0.39 is 20.8 Å². The summed E-state index contributed by atoms with van der Waals surface area (Å²) >= 11 is 0. The highest BCUT2D eigenvalue weighted by atomic mass is 32.2. The maximum Gasteiger partial charge on any atom is 0.215 e. The lowest BCUT2D eigenvalue weighted by Gasteiger charge is -2.23. The van der Waals surface area contributed by atoms with Crippen LogP contribution in [0.5, 0.6) is 0 Å². The van der Waals surface area contributed by atoms with Gasteiger partial charge in [-0.2, -0.15) is 0 Å². The minimum Gasteiger partial charge on any atom is -0.315 e. The van der Waals surface area contributed by atoms with Gasteiger partial charge in [0.1, 0.15) is 0 Å². The average Bonchev–Trinajstić information content (AvgIpc) is 2.00. The van der Waals surface area contributed by atoms with E-state index in [9.17, 15) is 8.42 Å². The van der Waals surface area contributed by atoms with Gasteiger partial charge in [0, 0.05) is 12.1 Å². The molecule has 0 aromatic carbocycles. The Balaban J connectivity index is 4.21. The predicted molar refractivity (Wildman–Crippen MR) is 64.4 cm³/mol. The number of sulfonamides is 1. The van der Waals surface area contributed by atoms with Crippen molar-refractivity contribution < 1.29 is 8.42 Å². The summed E-state index contributed by atoms with van der Waals surface area (Å²) in [5.74, 6) is 0. The van der Waals surface area contributed by atoms with Crippen LogP contribution in [0.4, 0.5) is 0 Å². The fourth-order valence-corrected chi connectivity index (χ4v) is 2.51. The molecule has 0 spiro atoms. The Kier molecular flexibility index (Phi) is 5.77. The van der Waals surface area contributed by atoms with Gasteiger partial charge in [-0.1, -0.05) is 6.92 Å². The van der Waals surface area contributed by atoms with Crippen LogP contribution in [-0.4, -0.2) is 32.3 Å². The van der Waals surface area contributed by atoms with Crippen molar-refractivity contribution in [3.63, 3.8) is 0 Å². The molecule has 4 nitrogen and oxygen atoms in total. The van der Waals surface area contributed by atoms with Crippen LogP contribution in [0.3, 0.4) is 0 Å². The maximum atomic E-state index is 11.8. The minimum absolute atomic E-state index is 0.400. The Morgan fingerprint density at radius 3 is 2.20 bits per heavy atom. The van der Waals surface area contributed by atoms with Gasteiger partial charge in [-0.05, 0) is 40.7 Å². The topological polar surface area (TPSA) is 58.2 Å². The second-order valence-electron chi connectivity index (χ2n) is 4.91. The van der Waals surface area contributed by atoms with Crippen LogP contribution in [0.15, 0.2) is 0 Å². The van der Waals surface area contributed by atoms with Gasteiger partial charge in [0.2, 0.25) is 10.0 Å². The molecule has 0 radical (unpaired) electrons. The summed E-state index contributed by atoms with van der Waals surface area (Å²) in [6, 6.07) is 0.